The van der Waals surface area contributed by atoms with Gasteiger partial charge in [0.05, 0.1) is 35.6 Å². The van der Waals surface area contributed by atoms with Crippen LogP contribution in [0.5, 0.6) is 0 Å². The molecule has 0 spiro atoms. The smallest absolute Gasteiger partial charge is 0.0951 e. The second-order valence-electron chi connectivity index (χ2n) is 6.51. The average Bonchev–Trinajstić information content (AvgIpc) is 3.18. The third kappa shape index (κ3) is 3.49. The van der Waals surface area contributed by atoms with E-state index in [0.717, 1.165) is 30.2 Å². The van der Waals surface area contributed by atoms with Gasteiger partial charge < -0.3 is 4.57 Å². The van der Waals surface area contributed by atoms with Crippen LogP contribution >= 0.6 is 12.4 Å². The number of nitrogens with zero attached hydrogens (tertiary/aromatic N) is 6. The lowest BCUT2D eigenvalue weighted by molar-refractivity contribution is 0.418. The van der Waals surface area contributed by atoms with Gasteiger partial charge in [-0.25, -0.2) is 4.98 Å². The number of hydrogen-bond acceptors (Lipinski definition) is 3. The minimum atomic E-state index is 0. The number of imidazole rings is 1. The van der Waals surface area contributed by atoms with Crippen molar-refractivity contribution in [1.29, 1.82) is 0 Å². The van der Waals surface area contributed by atoms with E-state index in [0.29, 0.717) is 0 Å². The lowest BCUT2D eigenvalue weighted by Crippen LogP contribution is -2.16. The molecule has 25 heavy (non-hydrogen) atoms. The third-order valence-electron chi connectivity index (χ3n) is 4.57. The van der Waals surface area contributed by atoms with Gasteiger partial charge in [-0.05, 0) is 47.6 Å². The van der Waals surface area contributed by atoms with Crippen LogP contribution in [0.25, 0.3) is 11.3 Å². The van der Waals surface area contributed by atoms with E-state index in [-0.39, 0.29) is 18.4 Å². The van der Waals surface area contributed by atoms with Crippen molar-refractivity contribution < 1.29 is 0 Å². The maximum Gasteiger partial charge on any atom is 0.0951 e. The van der Waals surface area contributed by atoms with Crippen LogP contribution in [-0.2, 0) is 13.1 Å². The molecule has 0 saturated carbocycles. The molecule has 0 aliphatic rings. The molecule has 0 amide bonds. The first kappa shape index (κ1) is 19.2. The molecule has 3 heterocycles. The van der Waals surface area contributed by atoms with Crippen LogP contribution in [0, 0.1) is 27.7 Å². The van der Waals surface area contributed by atoms with Crippen molar-refractivity contribution in [3.05, 3.63) is 41.4 Å². The standard InChI is InChI=1S/C18H26N6.ClH/c1-7-23-16(6)18(15(5)21-23)17-9-19-11-22(17)10-14(4)24-13(3)8-12(2)20-24;/h8-9,11,14H,7,10H2,1-6H3;1H. The Morgan fingerprint density at radius 3 is 2.40 bits per heavy atom. The molecule has 3 aromatic heterocycles. The van der Waals surface area contributed by atoms with Crippen LogP contribution in [0.3, 0.4) is 0 Å². The Bertz CT molecular complexity index is 857. The average molecular weight is 363 g/mol. The zero-order valence-corrected chi connectivity index (χ0v) is 16.6. The van der Waals surface area contributed by atoms with E-state index in [4.69, 9.17) is 0 Å². The summed E-state index contributed by atoms with van der Waals surface area (Å²) >= 11 is 0. The van der Waals surface area contributed by atoms with E-state index in [1.807, 2.05) is 24.1 Å². The normalized spacial score (nSPS) is 12.2. The van der Waals surface area contributed by atoms with Gasteiger partial charge in [-0.15, -0.1) is 12.4 Å². The van der Waals surface area contributed by atoms with Crippen molar-refractivity contribution >= 4 is 12.4 Å². The van der Waals surface area contributed by atoms with Gasteiger partial charge >= 0.3 is 0 Å². The number of hydrogen-bond donors (Lipinski definition) is 0. The van der Waals surface area contributed by atoms with Crippen LogP contribution < -0.4 is 0 Å². The van der Waals surface area contributed by atoms with Crippen molar-refractivity contribution in [3.63, 3.8) is 0 Å². The summed E-state index contributed by atoms with van der Waals surface area (Å²) in [5, 5.41) is 9.25. The van der Waals surface area contributed by atoms with E-state index >= 15 is 0 Å². The van der Waals surface area contributed by atoms with Crippen molar-refractivity contribution in [2.75, 3.05) is 0 Å². The Morgan fingerprint density at radius 2 is 1.84 bits per heavy atom. The van der Waals surface area contributed by atoms with E-state index < -0.39 is 0 Å². The second kappa shape index (κ2) is 7.44. The SMILES string of the molecule is CCn1nc(C)c(-c2cncn2CC(C)n2nc(C)cc2C)c1C.Cl. The highest BCUT2D eigenvalue weighted by Gasteiger charge is 2.18. The number of aryl methyl sites for hydroxylation is 4. The van der Waals surface area contributed by atoms with Crippen LogP contribution in [0.2, 0.25) is 0 Å². The topological polar surface area (TPSA) is 53.5 Å². The number of aromatic nitrogens is 6. The first-order valence-electron chi connectivity index (χ1n) is 8.49. The molecule has 3 aromatic rings. The predicted molar refractivity (Wildman–Crippen MR) is 102 cm³/mol. The Kier molecular flexibility index (Phi) is 5.72. The van der Waals surface area contributed by atoms with E-state index in [9.17, 15) is 0 Å². The summed E-state index contributed by atoms with van der Waals surface area (Å²) in [7, 11) is 0. The van der Waals surface area contributed by atoms with Crippen LogP contribution in [0.1, 0.15) is 42.7 Å². The zero-order chi connectivity index (χ0) is 17.4. The van der Waals surface area contributed by atoms with Gasteiger partial charge in [0.1, 0.15) is 0 Å². The highest BCUT2D eigenvalue weighted by Crippen LogP contribution is 2.28. The molecule has 0 N–H and O–H groups in total. The Balaban J connectivity index is 0.00000225. The van der Waals surface area contributed by atoms with Gasteiger partial charge in [0.25, 0.3) is 0 Å². The fourth-order valence-corrected chi connectivity index (χ4v) is 3.50. The molecule has 0 aromatic carbocycles. The monoisotopic (exact) mass is 362 g/mol. The number of rotatable bonds is 5. The van der Waals surface area contributed by atoms with Gasteiger partial charge in [0.15, 0.2) is 0 Å². The van der Waals surface area contributed by atoms with Crippen molar-refractivity contribution in [2.45, 2.75) is 60.7 Å². The molecule has 1 atom stereocenters. The maximum absolute atomic E-state index is 4.64. The summed E-state index contributed by atoms with van der Waals surface area (Å²) in [4.78, 5) is 4.39. The van der Waals surface area contributed by atoms with Crippen LogP contribution in [0.15, 0.2) is 18.6 Å². The highest BCUT2D eigenvalue weighted by molar-refractivity contribution is 5.85. The largest absolute Gasteiger partial charge is 0.328 e. The van der Waals surface area contributed by atoms with Crippen LogP contribution in [-0.4, -0.2) is 29.1 Å². The minimum Gasteiger partial charge on any atom is -0.328 e. The van der Waals surface area contributed by atoms with Gasteiger partial charge in [-0.2, -0.15) is 10.2 Å². The molecule has 0 aliphatic carbocycles. The van der Waals surface area contributed by atoms with E-state index in [2.05, 4.69) is 65.1 Å². The minimum absolute atomic E-state index is 0. The lowest BCUT2D eigenvalue weighted by Gasteiger charge is -2.17. The first-order valence-corrected chi connectivity index (χ1v) is 8.49. The fraction of sp³-hybridized carbons (Fsp3) is 0.500. The molecule has 7 heteroatoms. The van der Waals surface area contributed by atoms with Gasteiger partial charge in [0, 0.05) is 30.0 Å². The molecular formula is C18H27ClN6. The van der Waals surface area contributed by atoms with Crippen LogP contribution in [0.4, 0.5) is 0 Å². The Morgan fingerprint density at radius 1 is 1.12 bits per heavy atom. The molecule has 6 nitrogen and oxygen atoms in total. The molecule has 0 bridgehead atoms. The molecule has 0 fully saturated rings. The summed E-state index contributed by atoms with van der Waals surface area (Å²) in [6.45, 7) is 14.3. The summed E-state index contributed by atoms with van der Waals surface area (Å²) in [5.41, 5.74) is 6.80. The Hall–Kier alpha value is -2.08. The zero-order valence-electron chi connectivity index (χ0n) is 15.8. The predicted octanol–water partition coefficient (Wildman–Crippen LogP) is 3.88. The summed E-state index contributed by atoms with van der Waals surface area (Å²) < 4.78 is 6.35. The molecular weight excluding hydrogens is 336 g/mol. The Labute approximate surface area is 155 Å². The van der Waals surface area contributed by atoms with Crippen molar-refractivity contribution in [1.82, 2.24) is 29.1 Å². The van der Waals surface area contributed by atoms with Gasteiger partial charge in [0.2, 0.25) is 0 Å². The first-order chi connectivity index (χ1) is 11.4. The fourth-order valence-electron chi connectivity index (χ4n) is 3.50. The maximum atomic E-state index is 4.64. The van der Waals surface area contributed by atoms with Gasteiger partial charge in [-0.3, -0.25) is 9.36 Å². The van der Waals surface area contributed by atoms with E-state index in [1.54, 1.807) is 0 Å². The van der Waals surface area contributed by atoms with Gasteiger partial charge in [-0.1, -0.05) is 0 Å². The summed E-state index contributed by atoms with van der Waals surface area (Å²) in [6, 6.07) is 2.37. The highest BCUT2D eigenvalue weighted by atomic mass is 35.5. The summed E-state index contributed by atoms with van der Waals surface area (Å²) in [6.07, 6.45) is 3.84. The molecule has 0 saturated heterocycles. The third-order valence-corrected chi connectivity index (χ3v) is 4.57. The van der Waals surface area contributed by atoms with E-state index in [1.165, 1.54) is 17.0 Å². The molecule has 0 radical (unpaired) electrons. The van der Waals surface area contributed by atoms with Crippen molar-refractivity contribution in [3.8, 4) is 11.3 Å². The molecule has 1 unspecified atom stereocenters. The summed E-state index contributed by atoms with van der Waals surface area (Å²) in [5.74, 6) is 0. The number of halogens is 1. The molecule has 136 valence electrons. The quantitative estimate of drug-likeness (QED) is 0.692. The van der Waals surface area contributed by atoms with Crippen molar-refractivity contribution in [2.24, 2.45) is 0 Å². The second-order valence-corrected chi connectivity index (χ2v) is 6.51. The molecule has 0 aliphatic heterocycles. The lowest BCUT2D eigenvalue weighted by atomic mass is 10.1. The molecule has 3 rings (SSSR count).